The smallest absolute Gasteiger partial charge is 0.247 e. The van der Waals surface area contributed by atoms with Gasteiger partial charge in [0.15, 0.2) is 17.3 Å². The first-order valence-corrected chi connectivity index (χ1v) is 14.2. The molecule has 12 nitrogen and oxygen atoms in total. The monoisotopic (exact) mass is 603 g/mol. The van der Waals surface area contributed by atoms with E-state index in [9.17, 15) is 35.1 Å². The predicted octanol–water partition coefficient (Wildman–Crippen LogP) is 0.333. The quantitative estimate of drug-likeness (QED) is 0.228. The molecular weight excluding hydrogens is 570 g/mol. The Kier molecular flexibility index (Phi) is 9.20. The van der Waals surface area contributed by atoms with Crippen molar-refractivity contribution >= 4 is 29.5 Å². The highest BCUT2D eigenvalue weighted by molar-refractivity contribution is 8.00. The van der Waals surface area contributed by atoms with Crippen molar-refractivity contribution in [2.45, 2.75) is 79.1 Å². The number of amides is 1. The van der Waals surface area contributed by atoms with Crippen molar-refractivity contribution in [3.8, 4) is 11.5 Å². The number of fused-ring (bicyclic) bond motifs is 1. The van der Waals surface area contributed by atoms with Gasteiger partial charge in [0.05, 0.1) is 11.3 Å². The summed E-state index contributed by atoms with van der Waals surface area (Å²) < 4.78 is 22.0. The van der Waals surface area contributed by atoms with Gasteiger partial charge in [0.2, 0.25) is 12.2 Å². The lowest BCUT2D eigenvalue weighted by molar-refractivity contribution is -0.155. The number of phenols is 1. The Hall–Kier alpha value is -3.01. The summed E-state index contributed by atoms with van der Waals surface area (Å²) in [5, 5.41) is 54.8. The fourth-order valence-corrected chi connectivity index (χ4v) is 6.51. The van der Waals surface area contributed by atoms with Crippen LogP contribution in [0.1, 0.15) is 19.4 Å². The summed E-state index contributed by atoms with van der Waals surface area (Å²) in [7, 11) is 0. The van der Waals surface area contributed by atoms with Crippen LogP contribution in [-0.4, -0.2) is 104 Å². The van der Waals surface area contributed by atoms with Gasteiger partial charge in [-0.2, -0.15) is 0 Å². The summed E-state index contributed by atoms with van der Waals surface area (Å²) in [5.74, 6) is -1.18. The number of aliphatic hydroxyl groups is 4. The third kappa shape index (κ3) is 6.19. The van der Waals surface area contributed by atoms with E-state index in [1.165, 1.54) is 43.8 Å². The topological polar surface area (TPSA) is 184 Å². The highest BCUT2D eigenvalue weighted by atomic mass is 32.2. The average Bonchev–Trinajstić information content (AvgIpc) is 3.58. The van der Waals surface area contributed by atoms with Crippen molar-refractivity contribution in [1.29, 1.82) is 0 Å². The zero-order valence-corrected chi connectivity index (χ0v) is 23.6. The fraction of sp³-hybridized carbons (Fsp3) is 0.448. The molecule has 226 valence electrons. The first kappa shape index (κ1) is 30.4. The molecule has 1 amide bonds. The Balaban J connectivity index is 1.24. The van der Waals surface area contributed by atoms with Crippen LogP contribution in [0.3, 0.4) is 0 Å². The molecule has 3 aliphatic rings. The number of ketones is 1. The second kappa shape index (κ2) is 12.7. The van der Waals surface area contributed by atoms with E-state index in [1.54, 1.807) is 6.07 Å². The van der Waals surface area contributed by atoms with E-state index in [4.69, 9.17) is 18.9 Å². The third-order valence-corrected chi connectivity index (χ3v) is 8.82. The lowest BCUT2D eigenvalue weighted by Gasteiger charge is -2.41. The van der Waals surface area contributed by atoms with Gasteiger partial charge in [0, 0.05) is 10.5 Å². The number of carbonyl (C=O) groups is 2. The average molecular weight is 604 g/mol. The Morgan fingerprint density at radius 2 is 1.64 bits per heavy atom. The van der Waals surface area contributed by atoms with E-state index < -0.39 is 66.2 Å². The Morgan fingerprint density at radius 1 is 0.952 bits per heavy atom. The first-order chi connectivity index (χ1) is 20.0. The highest BCUT2D eigenvalue weighted by Crippen LogP contribution is 2.39. The largest absolute Gasteiger partial charge is 0.504 e. The summed E-state index contributed by atoms with van der Waals surface area (Å²) in [5.41, 5.74) is 0.610. The maximum atomic E-state index is 12.9. The van der Waals surface area contributed by atoms with Gasteiger partial charge in [0.1, 0.15) is 49.5 Å². The molecule has 6 N–H and O–H groups in total. The van der Waals surface area contributed by atoms with Crippen molar-refractivity contribution < 1.29 is 54.1 Å². The van der Waals surface area contributed by atoms with Gasteiger partial charge in [-0.3, -0.25) is 9.59 Å². The number of nitrogens with one attached hydrogen (secondary N) is 1. The molecule has 2 saturated heterocycles. The maximum absolute atomic E-state index is 12.9. The molecule has 0 spiro atoms. The van der Waals surface area contributed by atoms with Crippen molar-refractivity contribution in [2.75, 3.05) is 6.79 Å². The van der Waals surface area contributed by atoms with Crippen LogP contribution < -0.4 is 10.1 Å². The van der Waals surface area contributed by atoms with Crippen molar-refractivity contribution in [3.05, 3.63) is 59.7 Å². The molecular formula is C29H33NO11S. The molecule has 1 saturated carbocycles. The molecule has 0 aromatic heterocycles. The van der Waals surface area contributed by atoms with Crippen LogP contribution >= 0.6 is 11.8 Å². The van der Waals surface area contributed by atoms with E-state index in [0.29, 0.717) is 5.56 Å². The number of hydrogen-bond donors (Lipinski definition) is 6. The van der Waals surface area contributed by atoms with E-state index >= 15 is 0 Å². The number of carbonyl (C=O) groups excluding carboxylic acids is 2. The molecule has 1 aliphatic carbocycles. The van der Waals surface area contributed by atoms with Gasteiger partial charge >= 0.3 is 0 Å². The van der Waals surface area contributed by atoms with Crippen LogP contribution in [-0.2, 0) is 23.8 Å². The van der Waals surface area contributed by atoms with Crippen LogP contribution in [0, 0.1) is 0 Å². The molecule has 2 unspecified atom stereocenters. The van der Waals surface area contributed by atoms with Gasteiger partial charge in [-0.1, -0.05) is 24.3 Å². The number of aromatic hydroxyl groups is 1. The zero-order chi connectivity index (χ0) is 30.1. The molecule has 13 heteroatoms. The van der Waals surface area contributed by atoms with Crippen LogP contribution in [0.5, 0.6) is 11.5 Å². The molecule has 2 aromatic rings. The van der Waals surface area contributed by atoms with Gasteiger partial charge in [-0.25, -0.2) is 0 Å². The minimum Gasteiger partial charge on any atom is -0.504 e. The summed E-state index contributed by atoms with van der Waals surface area (Å²) >= 11 is 1.30. The van der Waals surface area contributed by atoms with E-state index in [-0.39, 0.29) is 29.6 Å². The van der Waals surface area contributed by atoms with Crippen LogP contribution in [0.2, 0.25) is 0 Å². The number of benzene rings is 2. The zero-order valence-electron chi connectivity index (χ0n) is 22.8. The number of thioether (sulfide) groups is 1. The summed E-state index contributed by atoms with van der Waals surface area (Å²) in [6, 6.07) is 12.4. The van der Waals surface area contributed by atoms with Crippen LogP contribution in [0.4, 0.5) is 0 Å². The van der Waals surface area contributed by atoms with E-state index in [0.717, 1.165) is 4.90 Å². The minimum atomic E-state index is -1.48. The fourth-order valence-electron chi connectivity index (χ4n) is 5.23. The molecule has 2 aromatic carbocycles. The molecule has 0 radical (unpaired) electrons. The number of Topliss-reactive ketones (excluding diaryl/α,β-unsaturated/α-hetero) is 1. The molecule has 5 rings (SSSR count). The molecule has 2 aliphatic heterocycles. The predicted molar refractivity (Wildman–Crippen MR) is 148 cm³/mol. The maximum Gasteiger partial charge on any atom is 0.247 e. The second-order valence-electron chi connectivity index (χ2n) is 10.4. The number of aliphatic hydroxyl groups excluding tert-OH is 4. The Labute approximate surface area is 245 Å². The van der Waals surface area contributed by atoms with Gasteiger partial charge < -0.3 is 49.8 Å². The molecule has 42 heavy (non-hydrogen) atoms. The molecule has 3 fully saturated rings. The van der Waals surface area contributed by atoms with Crippen LogP contribution in [0.25, 0.3) is 6.08 Å². The van der Waals surface area contributed by atoms with Gasteiger partial charge in [-0.15, -0.1) is 11.8 Å². The van der Waals surface area contributed by atoms with E-state index in [2.05, 4.69) is 5.32 Å². The standard InChI is InChI=1S/C29H33NO11S/c1-13(28(37)30-19-20(33)22(35)26-25(21(19)34)38-12-39-26)10-15-8-9-18(17(32)11-15)40-29-23(36)27(24(41-29)14(2)31)42-16-6-4-3-5-7-16/h3-11,19-27,29,32-36H,12H2,1-2H3,(H,30,37)/b13-10+/t19-,20+,21-,22-,23+,24?,25+,26-,27?,29-/m1/s1. The number of phenolic OH excluding ortho intramolecular Hbond substituents is 1. The van der Waals surface area contributed by atoms with E-state index in [1.807, 2.05) is 30.3 Å². The minimum absolute atomic E-state index is 0.00161. The van der Waals surface area contributed by atoms with Gasteiger partial charge in [0.25, 0.3) is 0 Å². The molecule has 0 bridgehead atoms. The van der Waals surface area contributed by atoms with Crippen molar-refractivity contribution in [3.63, 3.8) is 0 Å². The lowest BCUT2D eigenvalue weighted by atomic mass is 9.83. The van der Waals surface area contributed by atoms with Crippen LogP contribution in [0.15, 0.2) is 59.0 Å². The second-order valence-corrected chi connectivity index (χ2v) is 11.7. The summed E-state index contributed by atoms with van der Waals surface area (Å²) in [6.45, 7) is 2.73. The normalized spacial score (nSPS) is 34.6. The third-order valence-electron chi connectivity index (χ3n) is 7.48. The highest BCUT2D eigenvalue weighted by Gasteiger charge is 2.53. The first-order valence-electron chi connectivity index (χ1n) is 13.4. The number of rotatable bonds is 8. The van der Waals surface area contributed by atoms with Crippen molar-refractivity contribution in [2.24, 2.45) is 0 Å². The molecule has 10 atom stereocenters. The molecule has 2 heterocycles. The SMILES string of the molecule is CC(=O)C1O[C@@H](Oc2ccc(/C=C(\C)C(=O)N[C@@H]3[C@H](O)[C@@H](O)[C@H]4OCO[C@H]4[C@@H]3O)cc2O)[C@@H](O)C1Sc1ccccc1. The van der Waals surface area contributed by atoms with Crippen molar-refractivity contribution in [1.82, 2.24) is 5.32 Å². The van der Waals surface area contributed by atoms with Gasteiger partial charge in [-0.05, 0) is 49.8 Å². The summed E-state index contributed by atoms with van der Waals surface area (Å²) in [4.78, 5) is 25.9. The lowest BCUT2D eigenvalue weighted by Crippen LogP contribution is -2.67. The Bertz CT molecular complexity index is 1320. The summed E-state index contributed by atoms with van der Waals surface area (Å²) in [6.07, 6.45) is -7.79. The Morgan fingerprint density at radius 3 is 2.31 bits per heavy atom. The number of hydrogen-bond acceptors (Lipinski definition) is 12. The number of ether oxygens (including phenoxy) is 4.